The molecule has 84 valence electrons. The molecule has 0 bridgehead atoms. The van der Waals surface area contributed by atoms with Crippen LogP contribution in [0.5, 0.6) is 0 Å². The Hall–Kier alpha value is -2.13. The summed E-state index contributed by atoms with van der Waals surface area (Å²) in [6, 6.07) is 11.8. The van der Waals surface area contributed by atoms with E-state index in [0.29, 0.717) is 0 Å². The molecule has 17 heavy (non-hydrogen) atoms. The van der Waals surface area contributed by atoms with E-state index in [-0.39, 0.29) is 6.61 Å². The van der Waals surface area contributed by atoms with Gasteiger partial charge in [-0.25, -0.2) is 4.98 Å². The average Bonchev–Trinajstić information content (AvgIpc) is 2.82. The van der Waals surface area contributed by atoms with Crippen LogP contribution < -0.4 is 0 Å². The number of pyridine rings is 1. The molecule has 1 aromatic carbocycles. The summed E-state index contributed by atoms with van der Waals surface area (Å²) in [5.74, 6) is 0. The van der Waals surface area contributed by atoms with Crippen molar-refractivity contribution in [3.8, 4) is 11.1 Å². The number of aromatic nitrogens is 2. The maximum Gasteiger partial charge on any atom is 0.137 e. The highest BCUT2D eigenvalue weighted by atomic mass is 16.3. The number of nitrogens with one attached hydrogen (secondary N) is 1. The van der Waals surface area contributed by atoms with E-state index in [9.17, 15) is 5.11 Å². The highest BCUT2D eigenvalue weighted by Crippen LogP contribution is 2.29. The maximum absolute atomic E-state index is 9.36. The fourth-order valence-electron chi connectivity index (χ4n) is 2.10. The second kappa shape index (κ2) is 4.03. The number of aliphatic hydroxyl groups excluding tert-OH is 1. The number of nitrogens with zero attached hydrogens (tertiary/aromatic N) is 1. The van der Waals surface area contributed by atoms with E-state index in [0.717, 1.165) is 27.7 Å². The lowest BCUT2D eigenvalue weighted by Gasteiger charge is -2.05. The lowest BCUT2D eigenvalue weighted by atomic mass is 10.0. The van der Waals surface area contributed by atoms with Crippen LogP contribution in [0.15, 0.2) is 48.8 Å². The van der Waals surface area contributed by atoms with Crippen LogP contribution in [-0.4, -0.2) is 15.1 Å². The molecule has 0 aliphatic carbocycles. The minimum Gasteiger partial charge on any atom is -0.392 e. The quantitative estimate of drug-likeness (QED) is 0.703. The van der Waals surface area contributed by atoms with Crippen molar-refractivity contribution in [1.82, 2.24) is 9.97 Å². The summed E-state index contributed by atoms with van der Waals surface area (Å²) in [7, 11) is 0. The lowest BCUT2D eigenvalue weighted by Crippen LogP contribution is -1.87. The van der Waals surface area contributed by atoms with Gasteiger partial charge in [-0.05, 0) is 23.3 Å². The molecule has 3 nitrogen and oxygen atoms in total. The molecule has 0 aliphatic rings. The predicted octanol–water partition coefficient (Wildman–Crippen LogP) is 2.72. The van der Waals surface area contributed by atoms with Crippen LogP contribution in [0, 0.1) is 0 Å². The van der Waals surface area contributed by atoms with Crippen LogP contribution in [0.3, 0.4) is 0 Å². The van der Waals surface area contributed by atoms with Gasteiger partial charge in [0, 0.05) is 23.3 Å². The summed E-state index contributed by atoms with van der Waals surface area (Å²) in [5, 5.41) is 10.4. The van der Waals surface area contributed by atoms with E-state index in [1.54, 1.807) is 6.20 Å². The van der Waals surface area contributed by atoms with Crippen molar-refractivity contribution in [2.24, 2.45) is 0 Å². The fraction of sp³-hybridized carbons (Fsp3) is 0.0714. The Bertz CT molecular complexity index is 658. The summed E-state index contributed by atoms with van der Waals surface area (Å²) < 4.78 is 0. The number of hydrogen-bond donors (Lipinski definition) is 2. The molecule has 3 rings (SSSR count). The lowest BCUT2D eigenvalue weighted by molar-refractivity contribution is 0.282. The van der Waals surface area contributed by atoms with Gasteiger partial charge in [0.05, 0.1) is 6.61 Å². The average molecular weight is 224 g/mol. The normalized spacial score (nSPS) is 10.9. The Balaban J connectivity index is 2.27. The van der Waals surface area contributed by atoms with Gasteiger partial charge in [0.1, 0.15) is 5.65 Å². The van der Waals surface area contributed by atoms with E-state index in [4.69, 9.17) is 0 Å². The number of aliphatic hydroxyl groups is 1. The van der Waals surface area contributed by atoms with Gasteiger partial charge in [0.2, 0.25) is 0 Å². The number of fused-ring (bicyclic) bond motifs is 1. The first-order valence-corrected chi connectivity index (χ1v) is 5.51. The molecular weight excluding hydrogens is 212 g/mol. The third kappa shape index (κ3) is 1.61. The van der Waals surface area contributed by atoms with E-state index in [2.05, 4.69) is 9.97 Å². The second-order valence-electron chi connectivity index (χ2n) is 3.92. The first kappa shape index (κ1) is 10.1. The summed E-state index contributed by atoms with van der Waals surface area (Å²) in [6.45, 7) is 0.0448. The van der Waals surface area contributed by atoms with Gasteiger partial charge in [-0.3, -0.25) is 0 Å². The highest BCUT2D eigenvalue weighted by molar-refractivity contribution is 5.94. The zero-order chi connectivity index (χ0) is 11.7. The Kier molecular flexibility index (Phi) is 2.38. The molecule has 0 saturated heterocycles. The third-order valence-electron chi connectivity index (χ3n) is 2.93. The molecule has 2 aromatic heterocycles. The molecule has 0 fully saturated rings. The topological polar surface area (TPSA) is 48.9 Å². The van der Waals surface area contributed by atoms with Gasteiger partial charge in [-0.15, -0.1) is 0 Å². The standard InChI is InChI=1S/C14H12N2O/c17-9-10-4-1-2-5-11(10)13-8-16-14-12(13)6-3-7-15-14/h1-8,17H,9H2,(H,15,16). The van der Waals surface area contributed by atoms with Crippen LogP contribution in [0.4, 0.5) is 0 Å². The van der Waals surface area contributed by atoms with Crippen molar-refractivity contribution >= 4 is 11.0 Å². The number of rotatable bonds is 2. The SMILES string of the molecule is OCc1ccccc1-c1c[nH]c2ncccc12. The van der Waals surface area contributed by atoms with Crippen LogP contribution in [0.1, 0.15) is 5.56 Å². The highest BCUT2D eigenvalue weighted by Gasteiger charge is 2.09. The molecule has 3 heteroatoms. The van der Waals surface area contributed by atoms with Crippen molar-refractivity contribution in [1.29, 1.82) is 0 Å². The molecule has 0 radical (unpaired) electrons. The molecule has 0 atom stereocenters. The molecule has 0 amide bonds. The number of aromatic amines is 1. The van der Waals surface area contributed by atoms with Crippen LogP contribution in [-0.2, 0) is 6.61 Å². The van der Waals surface area contributed by atoms with E-state index >= 15 is 0 Å². The number of H-pyrrole nitrogens is 1. The second-order valence-corrected chi connectivity index (χ2v) is 3.92. The monoisotopic (exact) mass is 224 g/mol. The van der Waals surface area contributed by atoms with Crippen LogP contribution in [0.25, 0.3) is 22.2 Å². The van der Waals surface area contributed by atoms with Gasteiger partial charge >= 0.3 is 0 Å². The van der Waals surface area contributed by atoms with Crippen LogP contribution in [0.2, 0.25) is 0 Å². The largest absolute Gasteiger partial charge is 0.392 e. The Morgan fingerprint density at radius 2 is 1.94 bits per heavy atom. The Labute approximate surface area is 98.8 Å². The third-order valence-corrected chi connectivity index (χ3v) is 2.93. The Morgan fingerprint density at radius 3 is 2.82 bits per heavy atom. The van der Waals surface area contributed by atoms with E-state index in [1.165, 1.54) is 0 Å². The number of hydrogen-bond acceptors (Lipinski definition) is 2. The predicted molar refractivity (Wildman–Crippen MR) is 67.5 cm³/mol. The Morgan fingerprint density at radius 1 is 1.06 bits per heavy atom. The molecule has 2 heterocycles. The fourth-order valence-corrected chi connectivity index (χ4v) is 2.10. The minimum atomic E-state index is 0.0448. The smallest absolute Gasteiger partial charge is 0.137 e. The molecule has 0 saturated carbocycles. The van der Waals surface area contributed by atoms with Gasteiger partial charge < -0.3 is 10.1 Å². The van der Waals surface area contributed by atoms with Gasteiger partial charge in [-0.2, -0.15) is 0 Å². The number of benzene rings is 1. The summed E-state index contributed by atoms with van der Waals surface area (Å²) in [6.07, 6.45) is 3.70. The molecule has 0 spiro atoms. The first-order valence-electron chi connectivity index (χ1n) is 5.51. The van der Waals surface area contributed by atoms with E-state index in [1.807, 2.05) is 42.6 Å². The van der Waals surface area contributed by atoms with Crippen molar-refractivity contribution in [3.63, 3.8) is 0 Å². The van der Waals surface area contributed by atoms with Gasteiger partial charge in [0.25, 0.3) is 0 Å². The minimum absolute atomic E-state index is 0.0448. The van der Waals surface area contributed by atoms with Crippen molar-refractivity contribution in [2.45, 2.75) is 6.61 Å². The summed E-state index contributed by atoms with van der Waals surface area (Å²) in [4.78, 5) is 7.41. The molecule has 3 aromatic rings. The van der Waals surface area contributed by atoms with Gasteiger partial charge in [-0.1, -0.05) is 24.3 Å². The molecule has 0 aliphatic heterocycles. The van der Waals surface area contributed by atoms with Crippen molar-refractivity contribution in [2.75, 3.05) is 0 Å². The molecular formula is C14H12N2O. The zero-order valence-electron chi connectivity index (χ0n) is 9.22. The zero-order valence-corrected chi connectivity index (χ0v) is 9.22. The first-order chi connectivity index (χ1) is 8.40. The molecule has 0 unspecified atom stereocenters. The van der Waals surface area contributed by atoms with Crippen molar-refractivity contribution < 1.29 is 5.11 Å². The van der Waals surface area contributed by atoms with Gasteiger partial charge in [0.15, 0.2) is 0 Å². The molecule has 2 N–H and O–H groups in total. The van der Waals surface area contributed by atoms with Crippen molar-refractivity contribution in [3.05, 3.63) is 54.4 Å². The summed E-state index contributed by atoms with van der Waals surface area (Å²) in [5.41, 5.74) is 3.93. The summed E-state index contributed by atoms with van der Waals surface area (Å²) >= 11 is 0. The van der Waals surface area contributed by atoms with Crippen LogP contribution >= 0.6 is 0 Å². The van der Waals surface area contributed by atoms with E-state index < -0.39 is 0 Å². The maximum atomic E-state index is 9.36.